The third-order valence-electron chi connectivity index (χ3n) is 5.10. The number of amides is 1. The monoisotopic (exact) mass is 365 g/mol. The summed E-state index contributed by atoms with van der Waals surface area (Å²) < 4.78 is 5.39. The number of benzene rings is 2. The van der Waals surface area contributed by atoms with Gasteiger partial charge >= 0.3 is 0 Å². The highest BCUT2D eigenvalue weighted by Gasteiger charge is 2.15. The minimum Gasteiger partial charge on any atom is -0.372 e. The Morgan fingerprint density at radius 1 is 1.04 bits per heavy atom. The molecular formula is C22H27N3O2. The Morgan fingerprint density at radius 2 is 1.74 bits per heavy atom. The van der Waals surface area contributed by atoms with Crippen LogP contribution in [0.2, 0.25) is 0 Å². The molecule has 2 aromatic carbocycles. The molecule has 0 aliphatic rings. The van der Waals surface area contributed by atoms with E-state index in [0.717, 1.165) is 46.4 Å². The third-order valence-corrected chi connectivity index (χ3v) is 5.10. The Kier molecular flexibility index (Phi) is 5.49. The molecule has 0 aliphatic carbocycles. The van der Waals surface area contributed by atoms with Gasteiger partial charge in [0.1, 0.15) is 5.69 Å². The summed E-state index contributed by atoms with van der Waals surface area (Å²) in [5.74, 6) is -0.0953. The largest absolute Gasteiger partial charge is 0.372 e. The van der Waals surface area contributed by atoms with Crippen LogP contribution in [0.25, 0.3) is 11.0 Å². The van der Waals surface area contributed by atoms with Gasteiger partial charge in [-0.3, -0.25) is 4.79 Å². The standard InChI is InChI=1S/C22H27N3O2/c1-6-25(7-2)17-8-9-19(16(5)10-17)23-22(26)13-20-18-11-14(3)15(4)12-21(18)27-24-20/h8-12H,6-7,13H2,1-5H3,(H,23,26). The summed E-state index contributed by atoms with van der Waals surface area (Å²) in [6.45, 7) is 12.3. The number of nitrogens with one attached hydrogen (secondary N) is 1. The highest BCUT2D eigenvalue weighted by Crippen LogP contribution is 2.25. The first-order valence-electron chi connectivity index (χ1n) is 9.43. The maximum atomic E-state index is 12.6. The number of hydrogen-bond acceptors (Lipinski definition) is 4. The van der Waals surface area contributed by atoms with Crippen molar-refractivity contribution in [2.45, 2.75) is 41.0 Å². The van der Waals surface area contributed by atoms with Gasteiger partial charge in [-0.25, -0.2) is 0 Å². The zero-order valence-corrected chi connectivity index (χ0v) is 16.7. The highest BCUT2D eigenvalue weighted by molar-refractivity contribution is 5.95. The van der Waals surface area contributed by atoms with Crippen molar-refractivity contribution < 1.29 is 9.32 Å². The first-order chi connectivity index (χ1) is 12.9. The van der Waals surface area contributed by atoms with Crippen LogP contribution >= 0.6 is 0 Å². The lowest BCUT2D eigenvalue weighted by Gasteiger charge is -2.22. The van der Waals surface area contributed by atoms with Crippen molar-refractivity contribution >= 4 is 28.3 Å². The Morgan fingerprint density at radius 3 is 2.41 bits per heavy atom. The molecule has 0 spiro atoms. The predicted octanol–water partition coefficient (Wildman–Crippen LogP) is 4.78. The van der Waals surface area contributed by atoms with Gasteiger partial charge in [0.15, 0.2) is 5.58 Å². The second-order valence-electron chi connectivity index (χ2n) is 6.96. The molecule has 0 unspecified atom stereocenters. The summed E-state index contributed by atoms with van der Waals surface area (Å²) in [5.41, 5.74) is 6.75. The molecule has 3 aromatic rings. The minimum absolute atomic E-state index is 0.0953. The summed E-state index contributed by atoms with van der Waals surface area (Å²) in [4.78, 5) is 14.8. The van der Waals surface area contributed by atoms with E-state index in [1.54, 1.807) is 0 Å². The second-order valence-corrected chi connectivity index (χ2v) is 6.96. The third kappa shape index (κ3) is 3.97. The van der Waals surface area contributed by atoms with Crippen molar-refractivity contribution in [2.24, 2.45) is 0 Å². The van der Waals surface area contributed by atoms with Gasteiger partial charge in [0.2, 0.25) is 5.91 Å². The van der Waals surface area contributed by atoms with Crippen LogP contribution in [0, 0.1) is 20.8 Å². The molecule has 0 atom stereocenters. The number of hydrogen-bond donors (Lipinski definition) is 1. The van der Waals surface area contributed by atoms with Crippen molar-refractivity contribution in [1.82, 2.24) is 5.16 Å². The van der Waals surface area contributed by atoms with Crippen LogP contribution in [-0.2, 0) is 11.2 Å². The van der Waals surface area contributed by atoms with E-state index in [1.165, 1.54) is 5.69 Å². The van der Waals surface area contributed by atoms with Gasteiger partial charge in [0.05, 0.1) is 6.42 Å². The number of anilines is 2. The summed E-state index contributed by atoms with van der Waals surface area (Å²) in [6.07, 6.45) is 0.187. The van der Waals surface area contributed by atoms with Crippen LogP contribution in [0.3, 0.4) is 0 Å². The molecule has 0 aliphatic heterocycles. The second kappa shape index (κ2) is 7.82. The van der Waals surface area contributed by atoms with Gasteiger partial charge in [-0.2, -0.15) is 0 Å². The molecule has 142 valence electrons. The molecule has 0 bridgehead atoms. The van der Waals surface area contributed by atoms with E-state index in [1.807, 2.05) is 45.0 Å². The van der Waals surface area contributed by atoms with E-state index in [4.69, 9.17) is 4.52 Å². The molecule has 5 nitrogen and oxygen atoms in total. The van der Waals surface area contributed by atoms with E-state index in [0.29, 0.717) is 5.69 Å². The average molecular weight is 365 g/mol. The fourth-order valence-corrected chi connectivity index (χ4v) is 3.29. The molecule has 0 saturated heterocycles. The van der Waals surface area contributed by atoms with E-state index in [9.17, 15) is 4.79 Å². The number of rotatable bonds is 6. The first kappa shape index (κ1) is 19.0. The SMILES string of the molecule is CCN(CC)c1ccc(NC(=O)Cc2noc3cc(C)c(C)cc23)c(C)c1. The quantitative estimate of drug-likeness (QED) is 0.683. The summed E-state index contributed by atoms with van der Waals surface area (Å²) in [5, 5.41) is 8.01. The fraction of sp³-hybridized carbons (Fsp3) is 0.364. The highest BCUT2D eigenvalue weighted by atomic mass is 16.5. The number of carbonyl (C=O) groups excluding carboxylic acids is 1. The van der Waals surface area contributed by atoms with Gasteiger partial charge in [-0.05, 0) is 81.6 Å². The molecule has 0 fully saturated rings. The summed E-state index contributed by atoms with van der Waals surface area (Å²) >= 11 is 0. The lowest BCUT2D eigenvalue weighted by molar-refractivity contribution is -0.115. The van der Waals surface area contributed by atoms with Crippen LogP contribution in [-0.4, -0.2) is 24.2 Å². The first-order valence-corrected chi connectivity index (χ1v) is 9.43. The lowest BCUT2D eigenvalue weighted by Crippen LogP contribution is -2.22. The van der Waals surface area contributed by atoms with Crippen molar-refractivity contribution in [3.63, 3.8) is 0 Å². The average Bonchev–Trinajstić information content (AvgIpc) is 3.00. The number of aromatic nitrogens is 1. The Bertz CT molecular complexity index is 971. The molecule has 27 heavy (non-hydrogen) atoms. The summed E-state index contributed by atoms with van der Waals surface area (Å²) in [7, 11) is 0. The Labute approximate surface area is 160 Å². The summed E-state index contributed by atoms with van der Waals surface area (Å²) in [6, 6.07) is 10.1. The van der Waals surface area contributed by atoms with Crippen LogP contribution in [0.1, 0.15) is 36.2 Å². The number of carbonyl (C=O) groups is 1. The van der Waals surface area contributed by atoms with E-state index in [2.05, 4.69) is 35.3 Å². The Balaban J connectivity index is 1.76. The maximum absolute atomic E-state index is 12.6. The van der Waals surface area contributed by atoms with Crippen molar-refractivity contribution in [3.05, 3.63) is 52.7 Å². The maximum Gasteiger partial charge on any atom is 0.230 e. The molecule has 1 heterocycles. The van der Waals surface area contributed by atoms with Crippen molar-refractivity contribution in [3.8, 4) is 0 Å². The topological polar surface area (TPSA) is 58.4 Å². The lowest BCUT2D eigenvalue weighted by atomic mass is 10.1. The van der Waals surface area contributed by atoms with Gasteiger partial charge in [-0.15, -0.1) is 0 Å². The minimum atomic E-state index is -0.0953. The molecule has 0 saturated carbocycles. The van der Waals surface area contributed by atoms with Gasteiger partial charge < -0.3 is 14.7 Å². The molecule has 1 aromatic heterocycles. The molecule has 1 amide bonds. The molecule has 0 radical (unpaired) electrons. The fourth-order valence-electron chi connectivity index (χ4n) is 3.29. The number of fused-ring (bicyclic) bond motifs is 1. The predicted molar refractivity (Wildman–Crippen MR) is 111 cm³/mol. The van der Waals surface area contributed by atoms with Gasteiger partial charge in [0, 0.05) is 29.9 Å². The zero-order chi connectivity index (χ0) is 19.6. The van der Waals surface area contributed by atoms with Gasteiger partial charge in [0.25, 0.3) is 0 Å². The molecular weight excluding hydrogens is 338 g/mol. The van der Waals surface area contributed by atoms with Crippen LogP contribution in [0.4, 0.5) is 11.4 Å². The van der Waals surface area contributed by atoms with E-state index >= 15 is 0 Å². The van der Waals surface area contributed by atoms with Crippen molar-refractivity contribution in [2.75, 3.05) is 23.3 Å². The smallest absolute Gasteiger partial charge is 0.230 e. The zero-order valence-electron chi connectivity index (χ0n) is 16.7. The number of aryl methyl sites for hydroxylation is 3. The Hall–Kier alpha value is -2.82. The molecule has 5 heteroatoms. The van der Waals surface area contributed by atoms with Crippen molar-refractivity contribution in [1.29, 1.82) is 0 Å². The van der Waals surface area contributed by atoms with E-state index in [-0.39, 0.29) is 12.3 Å². The van der Waals surface area contributed by atoms with Gasteiger partial charge in [-0.1, -0.05) is 5.16 Å². The number of nitrogens with zero attached hydrogens (tertiary/aromatic N) is 2. The van der Waals surface area contributed by atoms with Crippen LogP contribution in [0.15, 0.2) is 34.9 Å². The van der Waals surface area contributed by atoms with Crippen LogP contribution < -0.4 is 10.2 Å². The van der Waals surface area contributed by atoms with Crippen LogP contribution in [0.5, 0.6) is 0 Å². The molecule has 3 rings (SSSR count). The molecule has 1 N–H and O–H groups in total. The normalized spacial score (nSPS) is 11.0. The van der Waals surface area contributed by atoms with E-state index < -0.39 is 0 Å².